The van der Waals surface area contributed by atoms with Crippen molar-refractivity contribution in [2.75, 3.05) is 18.4 Å². The highest BCUT2D eigenvalue weighted by molar-refractivity contribution is 6.00. The quantitative estimate of drug-likeness (QED) is 0.468. The number of carbonyl (C=O) groups is 1. The Kier molecular flexibility index (Phi) is 6.80. The number of aromatic nitrogens is 3. The van der Waals surface area contributed by atoms with Gasteiger partial charge in [-0.05, 0) is 56.9 Å². The fraction of sp³-hybridized carbons (Fsp3) is 0.440. The van der Waals surface area contributed by atoms with E-state index >= 15 is 0 Å². The van der Waals surface area contributed by atoms with Gasteiger partial charge in [0.25, 0.3) is 5.91 Å². The Morgan fingerprint density at radius 1 is 1.32 bits per heavy atom. The Morgan fingerprint density at radius 3 is 2.79 bits per heavy atom. The van der Waals surface area contributed by atoms with Crippen molar-refractivity contribution >= 4 is 17.1 Å². The fourth-order valence-corrected chi connectivity index (χ4v) is 4.17. The predicted molar refractivity (Wildman–Crippen MR) is 127 cm³/mol. The maximum atomic E-state index is 14.2. The number of fused-ring (bicyclic) bond motifs is 1. The van der Waals surface area contributed by atoms with Gasteiger partial charge in [0, 0.05) is 12.7 Å². The minimum Gasteiger partial charge on any atom is -0.387 e. The van der Waals surface area contributed by atoms with Crippen LogP contribution in [0.1, 0.15) is 55.5 Å². The number of halogens is 1. The van der Waals surface area contributed by atoms with Crippen LogP contribution in [-0.4, -0.2) is 50.5 Å². The second-order valence-electron chi connectivity index (χ2n) is 9.39. The third-order valence-corrected chi connectivity index (χ3v) is 6.30. The first-order valence-corrected chi connectivity index (χ1v) is 11.5. The molecule has 1 atom stereocenters. The summed E-state index contributed by atoms with van der Waals surface area (Å²) < 4.78 is 15.9. The molecule has 3 heterocycles. The largest absolute Gasteiger partial charge is 0.387 e. The van der Waals surface area contributed by atoms with Crippen LogP contribution in [0.2, 0.25) is 0 Å². The van der Waals surface area contributed by atoms with Crippen molar-refractivity contribution < 1.29 is 14.3 Å². The van der Waals surface area contributed by atoms with E-state index in [-0.39, 0.29) is 6.54 Å². The van der Waals surface area contributed by atoms with Gasteiger partial charge in [0.1, 0.15) is 12.2 Å². The van der Waals surface area contributed by atoms with Gasteiger partial charge in [0.15, 0.2) is 0 Å². The van der Waals surface area contributed by atoms with Gasteiger partial charge in [0.2, 0.25) is 0 Å². The standard InChI is InChI=1S/C25H29FN6O2/c1-25(2,34)23(26)15-30-24(33)19-14-29-21(10-20(19)28-12-16-5-3-4-6-16)22-8-7-18-9-17(11-27)13-31-32(18)22/h7-10,13-14,16,23,34H,3-6,12,15H2,1-2H3,(H,28,29)(H,30,33)/t23-/m1/s1. The molecule has 0 bridgehead atoms. The molecule has 1 saturated carbocycles. The van der Waals surface area contributed by atoms with Gasteiger partial charge in [0.05, 0.1) is 52.1 Å². The highest BCUT2D eigenvalue weighted by Gasteiger charge is 2.27. The molecule has 178 valence electrons. The van der Waals surface area contributed by atoms with Gasteiger partial charge < -0.3 is 15.7 Å². The van der Waals surface area contributed by atoms with E-state index in [2.05, 4.69) is 26.8 Å². The van der Waals surface area contributed by atoms with Crippen LogP contribution in [0.15, 0.2) is 36.7 Å². The van der Waals surface area contributed by atoms with E-state index in [1.54, 1.807) is 16.6 Å². The molecule has 8 nitrogen and oxygen atoms in total. The number of hydrogen-bond acceptors (Lipinski definition) is 6. The van der Waals surface area contributed by atoms with Gasteiger partial charge in [-0.3, -0.25) is 9.78 Å². The lowest BCUT2D eigenvalue weighted by atomic mass is 10.0. The number of hydrogen-bond donors (Lipinski definition) is 3. The summed E-state index contributed by atoms with van der Waals surface area (Å²) in [5.74, 6) is 0.0785. The van der Waals surface area contributed by atoms with Crippen molar-refractivity contribution in [2.24, 2.45) is 5.92 Å². The molecule has 1 amide bonds. The van der Waals surface area contributed by atoms with E-state index in [9.17, 15) is 14.3 Å². The van der Waals surface area contributed by atoms with Crippen LogP contribution in [0, 0.1) is 17.2 Å². The first kappa shape index (κ1) is 23.6. The number of aliphatic hydroxyl groups is 1. The summed E-state index contributed by atoms with van der Waals surface area (Å²) >= 11 is 0. The summed E-state index contributed by atoms with van der Waals surface area (Å²) in [6.45, 7) is 3.16. The normalized spacial score (nSPS) is 15.3. The Hall–Kier alpha value is -3.51. The van der Waals surface area contributed by atoms with Gasteiger partial charge in [-0.25, -0.2) is 8.91 Å². The SMILES string of the molecule is CC(C)(O)[C@H](F)CNC(=O)c1cnc(-c2ccc3cc(C#N)cnn23)cc1NCC1CCCC1. The number of rotatable bonds is 8. The van der Waals surface area contributed by atoms with Crippen LogP contribution in [0.5, 0.6) is 0 Å². The number of nitrogens with one attached hydrogen (secondary N) is 2. The highest BCUT2D eigenvalue weighted by atomic mass is 19.1. The zero-order valence-electron chi connectivity index (χ0n) is 19.4. The van der Waals surface area contributed by atoms with Gasteiger partial charge in [-0.1, -0.05) is 12.8 Å². The average Bonchev–Trinajstić information content (AvgIpc) is 3.49. The first-order valence-electron chi connectivity index (χ1n) is 11.5. The van der Waals surface area contributed by atoms with Crippen LogP contribution in [0.4, 0.5) is 10.1 Å². The number of nitriles is 1. The van der Waals surface area contributed by atoms with Crippen molar-refractivity contribution in [3.8, 4) is 17.5 Å². The highest BCUT2D eigenvalue weighted by Crippen LogP contribution is 2.28. The fourth-order valence-electron chi connectivity index (χ4n) is 4.17. The van der Waals surface area contributed by atoms with Gasteiger partial charge in [-0.15, -0.1) is 0 Å². The molecule has 3 N–H and O–H groups in total. The number of carbonyl (C=O) groups excluding carboxylic acids is 1. The van der Waals surface area contributed by atoms with E-state index < -0.39 is 17.7 Å². The summed E-state index contributed by atoms with van der Waals surface area (Å²) in [5.41, 5.74) is 1.94. The van der Waals surface area contributed by atoms with Crippen molar-refractivity contribution in [2.45, 2.75) is 51.3 Å². The summed E-state index contributed by atoms with van der Waals surface area (Å²) in [7, 11) is 0. The molecule has 0 radical (unpaired) electrons. The van der Waals surface area contributed by atoms with E-state index in [0.29, 0.717) is 28.4 Å². The van der Waals surface area contributed by atoms with Crippen molar-refractivity contribution in [1.29, 1.82) is 5.26 Å². The van der Waals surface area contributed by atoms with E-state index in [0.717, 1.165) is 30.6 Å². The van der Waals surface area contributed by atoms with Crippen molar-refractivity contribution in [3.05, 3.63) is 47.8 Å². The second-order valence-corrected chi connectivity index (χ2v) is 9.39. The predicted octanol–water partition coefficient (Wildman–Crippen LogP) is 3.71. The molecule has 0 aromatic carbocycles. The van der Waals surface area contributed by atoms with Crippen LogP contribution in [-0.2, 0) is 0 Å². The Balaban J connectivity index is 1.62. The summed E-state index contributed by atoms with van der Waals surface area (Å²) in [4.78, 5) is 17.4. The molecule has 3 aromatic heterocycles. The minimum atomic E-state index is -1.60. The third-order valence-electron chi connectivity index (χ3n) is 6.30. The number of anilines is 1. The van der Waals surface area contributed by atoms with E-state index in [4.69, 9.17) is 5.26 Å². The number of amides is 1. The molecule has 9 heteroatoms. The lowest BCUT2D eigenvalue weighted by Gasteiger charge is -2.23. The summed E-state index contributed by atoms with van der Waals surface area (Å²) in [5, 5.41) is 29.2. The Morgan fingerprint density at radius 2 is 2.09 bits per heavy atom. The van der Waals surface area contributed by atoms with Crippen LogP contribution in [0.3, 0.4) is 0 Å². The smallest absolute Gasteiger partial charge is 0.255 e. The van der Waals surface area contributed by atoms with Crippen LogP contribution >= 0.6 is 0 Å². The molecular formula is C25H29FN6O2. The van der Waals surface area contributed by atoms with Crippen molar-refractivity contribution in [3.63, 3.8) is 0 Å². The molecule has 0 aliphatic heterocycles. The first-order chi connectivity index (χ1) is 16.3. The molecule has 34 heavy (non-hydrogen) atoms. The third kappa shape index (κ3) is 5.18. The topological polar surface area (TPSA) is 115 Å². The van der Waals surface area contributed by atoms with E-state index in [1.165, 1.54) is 39.1 Å². The molecule has 3 aromatic rings. The summed E-state index contributed by atoms with van der Waals surface area (Å²) in [6, 6.07) is 9.35. The van der Waals surface area contributed by atoms with Crippen molar-refractivity contribution in [1.82, 2.24) is 19.9 Å². The Labute approximate surface area is 197 Å². The average molecular weight is 465 g/mol. The molecule has 1 aliphatic carbocycles. The van der Waals surface area contributed by atoms with E-state index in [1.807, 2.05) is 12.1 Å². The maximum absolute atomic E-state index is 14.2. The molecule has 0 unspecified atom stereocenters. The number of alkyl halides is 1. The second kappa shape index (κ2) is 9.77. The lowest BCUT2D eigenvalue weighted by Crippen LogP contribution is -2.42. The molecule has 1 aliphatic rings. The zero-order valence-corrected chi connectivity index (χ0v) is 19.4. The maximum Gasteiger partial charge on any atom is 0.255 e. The Bertz CT molecular complexity index is 1220. The number of pyridine rings is 1. The van der Waals surface area contributed by atoms with Crippen LogP contribution in [0.25, 0.3) is 16.9 Å². The number of nitrogens with zero attached hydrogens (tertiary/aromatic N) is 4. The van der Waals surface area contributed by atoms with Gasteiger partial charge in [-0.2, -0.15) is 10.4 Å². The van der Waals surface area contributed by atoms with Crippen LogP contribution < -0.4 is 10.6 Å². The van der Waals surface area contributed by atoms with Gasteiger partial charge >= 0.3 is 0 Å². The molecular weight excluding hydrogens is 435 g/mol. The molecule has 1 fully saturated rings. The molecule has 0 saturated heterocycles. The summed E-state index contributed by atoms with van der Waals surface area (Å²) in [6.07, 6.45) is 6.09. The monoisotopic (exact) mass is 464 g/mol. The lowest BCUT2D eigenvalue weighted by molar-refractivity contribution is -0.00177. The minimum absolute atomic E-state index is 0.305. The molecule has 4 rings (SSSR count). The molecule has 0 spiro atoms. The zero-order chi connectivity index (χ0) is 24.3.